The standard InChI is InChI=1S/C28H36O5/c1-26-15-23(31)25-21(22(26)10-11-28(26,33)24(32)16-29)9-8-18-13-20(30)14-19(27(18,25)2)12-17-6-4-3-5-7-17/h3-7,13,19,21-23,25,29,31,33H,8-12,14-16H2,1-2H3/t19?,21-,22-,23-,25+,26-,27+,28-/m0/s1. The number of ketones is 2. The van der Waals surface area contributed by atoms with Crippen LogP contribution in [-0.4, -0.2) is 45.2 Å². The molecule has 8 atom stereocenters. The van der Waals surface area contributed by atoms with Crippen molar-refractivity contribution in [1.29, 1.82) is 0 Å². The van der Waals surface area contributed by atoms with E-state index in [2.05, 4.69) is 19.1 Å². The number of allylic oxidation sites excluding steroid dienone is 1. The number of hydrogen-bond acceptors (Lipinski definition) is 5. The van der Waals surface area contributed by atoms with Crippen molar-refractivity contribution in [3.05, 3.63) is 47.5 Å². The minimum absolute atomic E-state index is 0.0102. The summed E-state index contributed by atoms with van der Waals surface area (Å²) in [7, 11) is 0. The third kappa shape index (κ3) is 3.15. The van der Waals surface area contributed by atoms with Crippen LogP contribution in [0, 0.1) is 34.5 Å². The van der Waals surface area contributed by atoms with Crippen LogP contribution in [-0.2, 0) is 16.0 Å². The first-order valence-corrected chi connectivity index (χ1v) is 12.5. The highest BCUT2D eigenvalue weighted by atomic mass is 16.3. The Morgan fingerprint density at radius 1 is 1.15 bits per heavy atom. The minimum atomic E-state index is -1.58. The van der Waals surface area contributed by atoms with Crippen molar-refractivity contribution in [3.63, 3.8) is 0 Å². The molecule has 0 saturated heterocycles. The first kappa shape index (κ1) is 22.9. The minimum Gasteiger partial charge on any atom is -0.393 e. The second-order valence-corrected chi connectivity index (χ2v) is 11.5. The highest BCUT2D eigenvalue weighted by molar-refractivity contribution is 5.92. The van der Waals surface area contributed by atoms with Crippen molar-refractivity contribution in [2.45, 2.75) is 70.5 Å². The molecule has 0 aromatic heterocycles. The molecule has 5 nitrogen and oxygen atoms in total. The van der Waals surface area contributed by atoms with Crippen LogP contribution in [0.3, 0.4) is 0 Å². The third-order valence-corrected chi connectivity index (χ3v) is 10.3. The number of rotatable bonds is 4. The van der Waals surface area contributed by atoms with Gasteiger partial charge in [-0.15, -0.1) is 0 Å². The van der Waals surface area contributed by atoms with Gasteiger partial charge in [0.1, 0.15) is 12.2 Å². The largest absolute Gasteiger partial charge is 0.393 e. The van der Waals surface area contributed by atoms with Gasteiger partial charge in [-0.3, -0.25) is 9.59 Å². The maximum atomic E-state index is 12.7. The van der Waals surface area contributed by atoms with E-state index in [1.807, 2.05) is 31.2 Å². The van der Waals surface area contributed by atoms with Gasteiger partial charge in [0.2, 0.25) is 0 Å². The Morgan fingerprint density at radius 3 is 2.58 bits per heavy atom. The molecule has 0 spiro atoms. The summed E-state index contributed by atoms with van der Waals surface area (Å²) in [6.07, 6.45) is 5.55. The van der Waals surface area contributed by atoms with Gasteiger partial charge >= 0.3 is 0 Å². The summed E-state index contributed by atoms with van der Waals surface area (Å²) < 4.78 is 0. The van der Waals surface area contributed by atoms with Gasteiger partial charge in [-0.25, -0.2) is 0 Å². The summed E-state index contributed by atoms with van der Waals surface area (Å²) in [4.78, 5) is 25.3. The number of aliphatic hydroxyl groups is 3. The van der Waals surface area contributed by atoms with Crippen molar-refractivity contribution in [1.82, 2.24) is 0 Å². The predicted molar refractivity (Wildman–Crippen MR) is 124 cm³/mol. The first-order chi connectivity index (χ1) is 15.6. The molecule has 0 bridgehead atoms. The Labute approximate surface area is 195 Å². The molecule has 1 unspecified atom stereocenters. The van der Waals surface area contributed by atoms with Gasteiger partial charge in [-0.05, 0) is 79.3 Å². The van der Waals surface area contributed by atoms with Crippen LogP contribution in [0.2, 0.25) is 0 Å². The zero-order valence-electron chi connectivity index (χ0n) is 19.7. The van der Waals surface area contributed by atoms with E-state index in [0.717, 1.165) is 25.7 Å². The molecule has 1 aromatic rings. The van der Waals surface area contributed by atoms with Crippen LogP contribution in [0.5, 0.6) is 0 Å². The normalized spacial score (nSPS) is 44.5. The van der Waals surface area contributed by atoms with E-state index in [1.165, 1.54) is 11.1 Å². The quantitative estimate of drug-likeness (QED) is 0.652. The number of aliphatic hydroxyl groups excluding tert-OH is 2. The summed E-state index contributed by atoms with van der Waals surface area (Å²) in [6.45, 7) is 3.52. The number of carbonyl (C=O) groups excluding carboxylic acids is 2. The van der Waals surface area contributed by atoms with E-state index in [4.69, 9.17) is 0 Å². The van der Waals surface area contributed by atoms with Gasteiger partial charge < -0.3 is 15.3 Å². The van der Waals surface area contributed by atoms with E-state index in [0.29, 0.717) is 19.3 Å². The summed E-state index contributed by atoms with van der Waals surface area (Å²) in [5, 5.41) is 32.6. The van der Waals surface area contributed by atoms with Crippen LogP contribution in [0.15, 0.2) is 42.0 Å². The number of hydrogen-bond donors (Lipinski definition) is 3. The van der Waals surface area contributed by atoms with Gasteiger partial charge in [0.25, 0.3) is 0 Å². The van der Waals surface area contributed by atoms with E-state index >= 15 is 0 Å². The number of benzene rings is 1. The van der Waals surface area contributed by atoms with Crippen LogP contribution in [0.1, 0.15) is 57.9 Å². The van der Waals surface area contributed by atoms with Gasteiger partial charge in [-0.2, -0.15) is 0 Å². The monoisotopic (exact) mass is 452 g/mol. The van der Waals surface area contributed by atoms with E-state index in [-0.39, 0.29) is 34.9 Å². The van der Waals surface area contributed by atoms with Crippen molar-refractivity contribution < 1.29 is 24.9 Å². The lowest BCUT2D eigenvalue weighted by Crippen LogP contribution is -2.63. The molecule has 3 N–H and O–H groups in total. The number of Topliss-reactive ketones (excluding diaryl/α,β-unsaturated/α-hetero) is 1. The molecule has 33 heavy (non-hydrogen) atoms. The zero-order valence-corrected chi connectivity index (χ0v) is 19.7. The van der Waals surface area contributed by atoms with Crippen molar-refractivity contribution in [2.24, 2.45) is 34.5 Å². The lowest BCUT2D eigenvalue weighted by atomic mass is 9.43. The zero-order chi connectivity index (χ0) is 23.6. The average Bonchev–Trinajstić information content (AvgIpc) is 3.06. The fraction of sp³-hybridized carbons (Fsp3) is 0.643. The maximum Gasteiger partial charge on any atom is 0.190 e. The smallest absolute Gasteiger partial charge is 0.190 e. The SMILES string of the molecule is C[C@]12C[C@H](O)[C@H]3[C@@H](CCC4=CC(=O)CC(Cc5ccccc5)[C@@]43C)[C@@H]1CC[C@]2(O)C(=O)CO. The lowest BCUT2D eigenvalue weighted by molar-refractivity contribution is -0.186. The fourth-order valence-electron chi connectivity index (χ4n) is 8.65. The van der Waals surface area contributed by atoms with Crippen molar-refractivity contribution in [2.75, 3.05) is 6.61 Å². The molecule has 4 aliphatic rings. The summed E-state index contributed by atoms with van der Waals surface area (Å²) in [6, 6.07) is 10.3. The second-order valence-electron chi connectivity index (χ2n) is 11.5. The molecule has 0 heterocycles. The van der Waals surface area contributed by atoms with Gasteiger partial charge in [0, 0.05) is 11.8 Å². The predicted octanol–water partition coefficient (Wildman–Crippen LogP) is 3.25. The topological polar surface area (TPSA) is 94.8 Å². The summed E-state index contributed by atoms with van der Waals surface area (Å²) in [5.41, 5.74) is -0.247. The second kappa shape index (κ2) is 7.86. The highest BCUT2D eigenvalue weighted by Gasteiger charge is 2.69. The number of fused-ring (bicyclic) bond motifs is 5. The molecule has 0 amide bonds. The average molecular weight is 453 g/mol. The Hall–Kier alpha value is -1.82. The van der Waals surface area contributed by atoms with Crippen LogP contribution in [0.25, 0.3) is 0 Å². The van der Waals surface area contributed by atoms with Crippen LogP contribution >= 0.6 is 0 Å². The third-order valence-electron chi connectivity index (χ3n) is 10.3. The highest BCUT2D eigenvalue weighted by Crippen LogP contribution is 2.68. The van der Waals surface area contributed by atoms with Crippen LogP contribution < -0.4 is 0 Å². The maximum absolute atomic E-state index is 12.7. The van der Waals surface area contributed by atoms with Gasteiger partial charge in [-0.1, -0.05) is 49.8 Å². The summed E-state index contributed by atoms with van der Waals surface area (Å²) >= 11 is 0. The lowest BCUT2D eigenvalue weighted by Gasteiger charge is -2.62. The fourth-order valence-corrected chi connectivity index (χ4v) is 8.65. The molecule has 3 fully saturated rings. The Balaban J connectivity index is 1.54. The van der Waals surface area contributed by atoms with E-state index in [9.17, 15) is 24.9 Å². The molecular weight excluding hydrogens is 416 g/mol. The Morgan fingerprint density at radius 2 is 1.88 bits per heavy atom. The molecular formula is C28H36O5. The molecule has 0 radical (unpaired) electrons. The van der Waals surface area contributed by atoms with Crippen molar-refractivity contribution in [3.8, 4) is 0 Å². The molecule has 1 aromatic carbocycles. The summed E-state index contributed by atoms with van der Waals surface area (Å²) in [5.74, 6) is 0.0435. The van der Waals surface area contributed by atoms with E-state index in [1.54, 1.807) is 0 Å². The number of carbonyl (C=O) groups is 2. The Bertz CT molecular complexity index is 985. The molecule has 0 aliphatic heterocycles. The van der Waals surface area contributed by atoms with E-state index < -0.39 is 29.5 Å². The van der Waals surface area contributed by atoms with Crippen LogP contribution in [0.4, 0.5) is 0 Å². The molecule has 5 heteroatoms. The van der Waals surface area contributed by atoms with Crippen molar-refractivity contribution >= 4 is 11.6 Å². The first-order valence-electron chi connectivity index (χ1n) is 12.5. The van der Waals surface area contributed by atoms with Gasteiger partial charge in [0.05, 0.1) is 6.10 Å². The molecule has 4 aliphatic carbocycles. The van der Waals surface area contributed by atoms with Gasteiger partial charge in [0.15, 0.2) is 11.6 Å². The molecule has 5 rings (SSSR count). The molecule has 178 valence electrons. The Kier molecular flexibility index (Phi) is 5.47. The molecule has 3 saturated carbocycles.